The zero-order valence-corrected chi connectivity index (χ0v) is 10.0. The molecule has 2 heterocycles. The standard InChI is InChI=1S/C12H13FN2O4/c13-8-3-7(4-14-5-8)11(16)15-6-9-1-2-10(19-9)12(17)18/h3-5,9-10H,1-2,6H2,(H,15,16)(H,17,18). The average molecular weight is 268 g/mol. The first-order valence-corrected chi connectivity index (χ1v) is 5.83. The van der Waals surface area contributed by atoms with Crippen LogP contribution in [0.2, 0.25) is 0 Å². The van der Waals surface area contributed by atoms with Crippen LogP contribution in [-0.4, -0.2) is 40.7 Å². The summed E-state index contributed by atoms with van der Waals surface area (Å²) in [5, 5.41) is 11.3. The third kappa shape index (κ3) is 3.47. The molecule has 7 heteroatoms. The Morgan fingerprint density at radius 2 is 2.26 bits per heavy atom. The number of pyridine rings is 1. The maximum absolute atomic E-state index is 12.9. The lowest BCUT2D eigenvalue weighted by molar-refractivity contribution is -0.149. The summed E-state index contributed by atoms with van der Waals surface area (Å²) in [5.41, 5.74) is 0.118. The highest BCUT2D eigenvalue weighted by atomic mass is 19.1. The van der Waals surface area contributed by atoms with Gasteiger partial charge in [0.2, 0.25) is 0 Å². The van der Waals surface area contributed by atoms with Crippen LogP contribution in [0.4, 0.5) is 4.39 Å². The second kappa shape index (κ2) is 5.75. The molecule has 0 spiro atoms. The van der Waals surface area contributed by atoms with Crippen LogP contribution in [0.25, 0.3) is 0 Å². The lowest BCUT2D eigenvalue weighted by Gasteiger charge is -2.12. The first-order chi connectivity index (χ1) is 9.06. The van der Waals surface area contributed by atoms with Gasteiger partial charge in [-0.25, -0.2) is 9.18 Å². The van der Waals surface area contributed by atoms with E-state index in [1.165, 1.54) is 6.20 Å². The Hall–Kier alpha value is -2.02. The molecule has 0 radical (unpaired) electrons. The monoisotopic (exact) mass is 268 g/mol. The topological polar surface area (TPSA) is 88.5 Å². The van der Waals surface area contributed by atoms with Crippen LogP contribution >= 0.6 is 0 Å². The summed E-state index contributed by atoms with van der Waals surface area (Å²) in [6.45, 7) is 0.194. The van der Waals surface area contributed by atoms with Crippen molar-refractivity contribution in [1.82, 2.24) is 10.3 Å². The van der Waals surface area contributed by atoms with Crippen LogP contribution in [0.5, 0.6) is 0 Å². The maximum Gasteiger partial charge on any atom is 0.332 e. The van der Waals surface area contributed by atoms with E-state index >= 15 is 0 Å². The van der Waals surface area contributed by atoms with Gasteiger partial charge in [-0.2, -0.15) is 0 Å². The minimum atomic E-state index is -0.997. The molecule has 0 saturated carbocycles. The van der Waals surface area contributed by atoms with Crippen molar-refractivity contribution in [1.29, 1.82) is 0 Å². The Morgan fingerprint density at radius 3 is 2.89 bits per heavy atom. The maximum atomic E-state index is 12.9. The molecule has 0 aromatic carbocycles. The Morgan fingerprint density at radius 1 is 1.47 bits per heavy atom. The Bertz CT molecular complexity index is 494. The van der Waals surface area contributed by atoms with Gasteiger partial charge in [0.05, 0.1) is 17.9 Å². The number of aliphatic carboxylic acids is 1. The number of carboxylic acids is 1. The van der Waals surface area contributed by atoms with Crippen LogP contribution in [0, 0.1) is 5.82 Å². The van der Waals surface area contributed by atoms with Crippen molar-refractivity contribution in [2.45, 2.75) is 25.0 Å². The molecule has 1 aliphatic rings. The number of hydrogen-bond donors (Lipinski definition) is 2. The number of rotatable bonds is 4. The lowest BCUT2D eigenvalue weighted by Crippen LogP contribution is -2.33. The minimum Gasteiger partial charge on any atom is -0.479 e. The molecule has 2 unspecified atom stereocenters. The van der Waals surface area contributed by atoms with Crippen LogP contribution in [0.1, 0.15) is 23.2 Å². The van der Waals surface area contributed by atoms with Gasteiger partial charge in [-0.15, -0.1) is 0 Å². The van der Waals surface area contributed by atoms with Crippen molar-refractivity contribution in [2.75, 3.05) is 6.54 Å². The third-order valence-electron chi connectivity index (χ3n) is 2.84. The molecule has 2 N–H and O–H groups in total. The van der Waals surface area contributed by atoms with Crippen LogP contribution in [-0.2, 0) is 9.53 Å². The lowest BCUT2D eigenvalue weighted by atomic mass is 10.2. The molecule has 1 amide bonds. The highest BCUT2D eigenvalue weighted by molar-refractivity contribution is 5.93. The van der Waals surface area contributed by atoms with E-state index in [0.717, 1.165) is 12.3 Å². The summed E-state index contributed by atoms with van der Waals surface area (Å²) in [6, 6.07) is 1.08. The highest BCUT2D eigenvalue weighted by Gasteiger charge is 2.30. The van der Waals surface area contributed by atoms with Gasteiger partial charge in [0.15, 0.2) is 6.10 Å². The fourth-order valence-corrected chi connectivity index (χ4v) is 1.88. The number of nitrogens with one attached hydrogen (secondary N) is 1. The largest absolute Gasteiger partial charge is 0.479 e. The zero-order chi connectivity index (χ0) is 13.8. The van der Waals surface area contributed by atoms with Gasteiger partial charge in [-0.05, 0) is 18.9 Å². The van der Waals surface area contributed by atoms with Gasteiger partial charge >= 0.3 is 5.97 Å². The van der Waals surface area contributed by atoms with Gasteiger partial charge in [0.1, 0.15) is 5.82 Å². The van der Waals surface area contributed by atoms with Crippen LogP contribution < -0.4 is 5.32 Å². The van der Waals surface area contributed by atoms with Gasteiger partial charge in [-0.3, -0.25) is 9.78 Å². The fraction of sp³-hybridized carbons (Fsp3) is 0.417. The van der Waals surface area contributed by atoms with Crippen molar-refractivity contribution in [3.63, 3.8) is 0 Å². The molecule has 2 rings (SSSR count). The van der Waals surface area contributed by atoms with E-state index in [1.54, 1.807) is 0 Å². The first kappa shape index (κ1) is 13.4. The molecule has 102 valence electrons. The Kier molecular flexibility index (Phi) is 4.06. The van der Waals surface area contributed by atoms with Crippen molar-refractivity contribution < 1.29 is 23.8 Å². The molecule has 19 heavy (non-hydrogen) atoms. The van der Waals surface area contributed by atoms with Crippen molar-refractivity contribution >= 4 is 11.9 Å². The van der Waals surface area contributed by atoms with E-state index in [0.29, 0.717) is 12.8 Å². The third-order valence-corrected chi connectivity index (χ3v) is 2.84. The summed E-state index contributed by atoms with van der Waals surface area (Å²) < 4.78 is 18.1. The minimum absolute atomic E-state index is 0.118. The number of ether oxygens (including phenoxy) is 1. The predicted octanol–water partition coefficient (Wildman–Crippen LogP) is 0.583. The zero-order valence-electron chi connectivity index (χ0n) is 10.0. The molecule has 1 aromatic rings. The quantitative estimate of drug-likeness (QED) is 0.834. The van der Waals surface area contributed by atoms with Gasteiger partial charge in [-0.1, -0.05) is 0 Å². The molecular formula is C12H13FN2O4. The van der Waals surface area contributed by atoms with Crippen LogP contribution in [0.15, 0.2) is 18.5 Å². The number of hydrogen-bond acceptors (Lipinski definition) is 4. The van der Waals surface area contributed by atoms with Crippen molar-refractivity contribution in [2.24, 2.45) is 0 Å². The Labute approximate surface area is 108 Å². The van der Waals surface area contributed by atoms with Crippen molar-refractivity contribution in [3.8, 4) is 0 Å². The van der Waals surface area contributed by atoms with E-state index < -0.39 is 23.8 Å². The average Bonchev–Trinajstić information content (AvgIpc) is 2.85. The molecule has 2 atom stereocenters. The first-order valence-electron chi connectivity index (χ1n) is 5.83. The Balaban J connectivity index is 1.83. The second-order valence-electron chi connectivity index (χ2n) is 4.26. The molecule has 0 bridgehead atoms. The van der Waals surface area contributed by atoms with E-state index in [4.69, 9.17) is 9.84 Å². The number of carbonyl (C=O) groups excluding carboxylic acids is 1. The SMILES string of the molecule is O=C(NCC1CCC(C(=O)O)O1)c1cncc(F)c1. The number of halogens is 1. The number of amides is 1. The number of carboxylic acid groups (broad SMARTS) is 1. The molecule has 1 fully saturated rings. The fourth-order valence-electron chi connectivity index (χ4n) is 1.88. The highest BCUT2D eigenvalue weighted by Crippen LogP contribution is 2.19. The normalized spacial score (nSPS) is 22.2. The number of aromatic nitrogens is 1. The summed E-state index contributed by atoms with van der Waals surface area (Å²) in [4.78, 5) is 25.9. The molecule has 1 saturated heterocycles. The molecule has 6 nitrogen and oxygen atoms in total. The van der Waals surface area contributed by atoms with Gasteiger partial charge < -0.3 is 15.2 Å². The van der Waals surface area contributed by atoms with E-state index in [9.17, 15) is 14.0 Å². The van der Waals surface area contributed by atoms with E-state index in [1.807, 2.05) is 0 Å². The van der Waals surface area contributed by atoms with E-state index in [-0.39, 0.29) is 18.2 Å². The molecule has 0 aliphatic carbocycles. The molecular weight excluding hydrogens is 255 g/mol. The summed E-state index contributed by atoms with van der Waals surface area (Å²) in [6.07, 6.45) is 2.13. The summed E-state index contributed by atoms with van der Waals surface area (Å²) in [7, 11) is 0. The van der Waals surface area contributed by atoms with Gasteiger partial charge in [0, 0.05) is 12.7 Å². The molecule has 1 aromatic heterocycles. The van der Waals surface area contributed by atoms with Gasteiger partial charge in [0.25, 0.3) is 5.91 Å². The molecule has 1 aliphatic heterocycles. The number of nitrogens with zero attached hydrogens (tertiary/aromatic N) is 1. The summed E-state index contributed by atoms with van der Waals surface area (Å²) in [5.74, 6) is -2.05. The van der Waals surface area contributed by atoms with Crippen LogP contribution in [0.3, 0.4) is 0 Å². The second-order valence-corrected chi connectivity index (χ2v) is 4.26. The van der Waals surface area contributed by atoms with E-state index in [2.05, 4.69) is 10.3 Å². The van der Waals surface area contributed by atoms with Crippen molar-refractivity contribution in [3.05, 3.63) is 29.8 Å². The smallest absolute Gasteiger partial charge is 0.332 e. The predicted molar refractivity (Wildman–Crippen MR) is 62.1 cm³/mol. The number of carbonyl (C=O) groups is 2. The summed E-state index contributed by atoms with van der Waals surface area (Å²) >= 11 is 0.